The highest BCUT2D eigenvalue weighted by atomic mass is 14.9. The molecule has 0 unspecified atom stereocenters. The molecule has 0 saturated heterocycles. The number of nitriles is 1. The van der Waals surface area contributed by atoms with Crippen molar-refractivity contribution in [1.82, 2.24) is 0 Å². The van der Waals surface area contributed by atoms with Crippen LogP contribution in [-0.4, -0.2) is 0 Å². The molecule has 0 spiro atoms. The molecule has 2 heteroatoms. The molecule has 118 valence electrons. The molecule has 0 aliphatic rings. The Morgan fingerprint density at radius 3 is 2.33 bits per heavy atom. The Balaban J connectivity index is 2.29. The van der Waals surface area contributed by atoms with Gasteiger partial charge in [0.05, 0.1) is 17.2 Å². The molecule has 0 bridgehead atoms. The van der Waals surface area contributed by atoms with Gasteiger partial charge in [0, 0.05) is 12.1 Å². The van der Waals surface area contributed by atoms with Gasteiger partial charge < -0.3 is 0 Å². The zero-order chi connectivity index (χ0) is 17.3. The first-order chi connectivity index (χ1) is 11.5. The predicted octanol–water partition coefficient (Wildman–Crippen LogP) is 4.64. The minimum atomic E-state index is 0.697. The van der Waals surface area contributed by atoms with E-state index in [9.17, 15) is 5.26 Å². The Morgan fingerprint density at radius 2 is 1.62 bits per heavy atom. The maximum Gasteiger partial charge on any atom is 0.212 e. The van der Waals surface area contributed by atoms with Gasteiger partial charge in [-0.15, -0.1) is 0 Å². The van der Waals surface area contributed by atoms with E-state index in [1.54, 1.807) is 0 Å². The largest absolute Gasteiger partial charge is 0.212 e. The maximum atomic E-state index is 9.23. The van der Waals surface area contributed by atoms with Crippen molar-refractivity contribution >= 4 is 0 Å². The van der Waals surface area contributed by atoms with Gasteiger partial charge in [-0.1, -0.05) is 18.2 Å². The first kappa shape index (κ1) is 16.0. The second-order valence-electron chi connectivity index (χ2n) is 6.27. The van der Waals surface area contributed by atoms with Crippen LogP contribution in [0.25, 0.3) is 22.4 Å². The molecule has 3 rings (SSSR count). The number of hydrogen-bond donors (Lipinski definition) is 0. The molecule has 0 N–H and O–H groups in total. The molecule has 0 aliphatic carbocycles. The summed E-state index contributed by atoms with van der Waals surface area (Å²) >= 11 is 0. The maximum absolute atomic E-state index is 9.23. The van der Waals surface area contributed by atoms with Gasteiger partial charge in [-0.3, -0.25) is 0 Å². The molecule has 0 aliphatic heterocycles. The summed E-state index contributed by atoms with van der Waals surface area (Å²) in [5.41, 5.74) is 9.16. The van der Waals surface area contributed by atoms with Crippen LogP contribution < -0.4 is 4.57 Å². The van der Waals surface area contributed by atoms with E-state index in [0.717, 1.165) is 5.56 Å². The van der Waals surface area contributed by atoms with Gasteiger partial charge in [0.15, 0.2) is 6.20 Å². The van der Waals surface area contributed by atoms with Crippen LogP contribution in [0.4, 0.5) is 0 Å². The summed E-state index contributed by atoms with van der Waals surface area (Å²) in [5.74, 6) is 0. The minimum Gasteiger partial charge on any atom is -0.201 e. The summed E-state index contributed by atoms with van der Waals surface area (Å²) in [5, 5.41) is 9.23. The Bertz CT molecular complexity index is 962. The van der Waals surface area contributed by atoms with Gasteiger partial charge in [0.25, 0.3) is 0 Å². The van der Waals surface area contributed by atoms with Crippen molar-refractivity contribution in [1.29, 1.82) is 5.26 Å². The number of rotatable bonds is 2. The molecule has 0 fully saturated rings. The highest BCUT2D eigenvalue weighted by Crippen LogP contribution is 2.34. The van der Waals surface area contributed by atoms with Crippen LogP contribution in [0.15, 0.2) is 54.7 Å². The standard InChI is InChI=1S/C22H21N2/c1-15-8-10-18(14-23)13-20(15)19-11-9-16(2)22(17(19)3)21-7-5-6-12-24(21)4/h5-13H,1-4H3/q+1. The first-order valence-corrected chi connectivity index (χ1v) is 8.09. The lowest BCUT2D eigenvalue weighted by Gasteiger charge is -2.15. The molecule has 1 aromatic heterocycles. The van der Waals surface area contributed by atoms with Crippen molar-refractivity contribution in [3.05, 3.63) is 77.0 Å². The number of aromatic nitrogens is 1. The van der Waals surface area contributed by atoms with Crippen molar-refractivity contribution < 1.29 is 4.57 Å². The van der Waals surface area contributed by atoms with Crippen LogP contribution in [0.3, 0.4) is 0 Å². The topological polar surface area (TPSA) is 27.7 Å². The highest BCUT2D eigenvalue weighted by Gasteiger charge is 2.18. The van der Waals surface area contributed by atoms with Gasteiger partial charge in [-0.2, -0.15) is 5.26 Å². The Morgan fingerprint density at radius 1 is 0.875 bits per heavy atom. The van der Waals surface area contributed by atoms with Gasteiger partial charge in [-0.05, 0) is 66.8 Å². The summed E-state index contributed by atoms with van der Waals surface area (Å²) < 4.78 is 2.15. The second-order valence-corrected chi connectivity index (χ2v) is 6.27. The van der Waals surface area contributed by atoms with Gasteiger partial charge in [0.1, 0.15) is 7.05 Å². The third-order valence-electron chi connectivity index (χ3n) is 4.64. The average Bonchev–Trinajstić information content (AvgIpc) is 2.58. The van der Waals surface area contributed by atoms with Gasteiger partial charge in [-0.25, -0.2) is 4.57 Å². The number of nitrogens with zero attached hydrogens (tertiary/aromatic N) is 2. The fraction of sp³-hybridized carbons (Fsp3) is 0.182. The normalized spacial score (nSPS) is 10.5. The molecule has 3 aromatic rings. The molecule has 2 nitrogen and oxygen atoms in total. The van der Waals surface area contributed by atoms with E-state index in [0.29, 0.717) is 5.56 Å². The van der Waals surface area contributed by atoms with Crippen molar-refractivity contribution in [2.75, 3.05) is 0 Å². The summed E-state index contributed by atoms with van der Waals surface area (Å²) in [6.45, 7) is 6.42. The van der Waals surface area contributed by atoms with E-state index >= 15 is 0 Å². The van der Waals surface area contributed by atoms with E-state index < -0.39 is 0 Å². The molecule has 1 heterocycles. The third-order valence-corrected chi connectivity index (χ3v) is 4.64. The Kier molecular flexibility index (Phi) is 4.18. The molecular weight excluding hydrogens is 292 g/mol. The minimum absolute atomic E-state index is 0.697. The quantitative estimate of drug-likeness (QED) is 0.633. The fourth-order valence-corrected chi connectivity index (χ4v) is 3.30. The first-order valence-electron chi connectivity index (χ1n) is 8.09. The van der Waals surface area contributed by atoms with Crippen LogP contribution in [0.1, 0.15) is 22.3 Å². The molecule has 0 atom stereocenters. The van der Waals surface area contributed by atoms with Crippen molar-refractivity contribution in [3.8, 4) is 28.5 Å². The lowest BCUT2D eigenvalue weighted by Crippen LogP contribution is -2.30. The Labute approximate surface area is 143 Å². The average molecular weight is 313 g/mol. The Hall–Kier alpha value is -2.92. The van der Waals surface area contributed by atoms with Crippen molar-refractivity contribution in [2.45, 2.75) is 20.8 Å². The third kappa shape index (κ3) is 2.70. The molecule has 2 aromatic carbocycles. The smallest absolute Gasteiger partial charge is 0.201 e. The van der Waals surface area contributed by atoms with Crippen molar-refractivity contribution in [2.24, 2.45) is 7.05 Å². The van der Waals surface area contributed by atoms with E-state index in [-0.39, 0.29) is 0 Å². The van der Waals surface area contributed by atoms with Gasteiger partial charge in [0.2, 0.25) is 5.69 Å². The lowest BCUT2D eigenvalue weighted by atomic mass is 9.89. The molecule has 0 radical (unpaired) electrons. The van der Waals surface area contributed by atoms with E-state index in [2.05, 4.69) is 68.9 Å². The van der Waals surface area contributed by atoms with Crippen molar-refractivity contribution in [3.63, 3.8) is 0 Å². The monoisotopic (exact) mass is 313 g/mol. The SMILES string of the molecule is Cc1ccc(C#N)cc1-c1ccc(C)c(-c2cccc[n+]2C)c1C. The number of pyridine rings is 1. The molecular formula is C22H21N2+. The number of aryl methyl sites for hydroxylation is 3. The highest BCUT2D eigenvalue weighted by molar-refractivity contribution is 5.80. The van der Waals surface area contributed by atoms with Crippen LogP contribution in [0, 0.1) is 32.1 Å². The summed E-state index contributed by atoms with van der Waals surface area (Å²) in [7, 11) is 2.07. The zero-order valence-electron chi connectivity index (χ0n) is 14.6. The summed E-state index contributed by atoms with van der Waals surface area (Å²) in [4.78, 5) is 0. The van der Waals surface area contributed by atoms with Crippen LogP contribution >= 0.6 is 0 Å². The van der Waals surface area contributed by atoms with E-state index in [4.69, 9.17) is 0 Å². The zero-order valence-corrected chi connectivity index (χ0v) is 14.6. The number of benzene rings is 2. The van der Waals surface area contributed by atoms with E-state index in [1.807, 2.05) is 24.3 Å². The fourth-order valence-electron chi connectivity index (χ4n) is 3.30. The summed E-state index contributed by atoms with van der Waals surface area (Å²) in [6, 6.07) is 18.7. The lowest BCUT2D eigenvalue weighted by molar-refractivity contribution is -0.660. The molecule has 0 amide bonds. The summed E-state index contributed by atoms with van der Waals surface area (Å²) in [6.07, 6.45) is 2.07. The van der Waals surface area contributed by atoms with E-state index in [1.165, 1.54) is 33.5 Å². The van der Waals surface area contributed by atoms with Crippen LogP contribution in [0.5, 0.6) is 0 Å². The number of hydrogen-bond acceptors (Lipinski definition) is 1. The predicted molar refractivity (Wildman–Crippen MR) is 97.4 cm³/mol. The molecule has 0 saturated carbocycles. The second kappa shape index (κ2) is 6.29. The van der Waals surface area contributed by atoms with Crippen LogP contribution in [0.2, 0.25) is 0 Å². The van der Waals surface area contributed by atoms with Gasteiger partial charge >= 0.3 is 0 Å². The molecule has 24 heavy (non-hydrogen) atoms. The van der Waals surface area contributed by atoms with Crippen LogP contribution in [-0.2, 0) is 7.05 Å².